The molecule has 0 saturated carbocycles. The van der Waals surface area contributed by atoms with E-state index in [1.54, 1.807) is 0 Å². The molecule has 0 bridgehead atoms. The molecule has 1 aromatic heterocycles. The molecule has 0 atom stereocenters. The highest BCUT2D eigenvalue weighted by Crippen LogP contribution is 2.31. The quantitative estimate of drug-likeness (QED) is 0.776. The average Bonchev–Trinajstić information content (AvgIpc) is 2.77. The van der Waals surface area contributed by atoms with Gasteiger partial charge >= 0.3 is 0 Å². The SMILES string of the molecule is CCCCCCc1onc(N)c1-c1ccc(Br)cc1. The summed E-state index contributed by atoms with van der Waals surface area (Å²) in [4.78, 5) is 0. The number of hydrogen-bond donors (Lipinski definition) is 1. The van der Waals surface area contributed by atoms with Crippen molar-refractivity contribution >= 4 is 21.7 Å². The number of hydrogen-bond acceptors (Lipinski definition) is 3. The van der Waals surface area contributed by atoms with Crippen LogP contribution < -0.4 is 5.73 Å². The van der Waals surface area contributed by atoms with Crippen LogP contribution in [0.1, 0.15) is 38.4 Å². The Morgan fingerprint density at radius 2 is 1.89 bits per heavy atom. The average molecular weight is 323 g/mol. The largest absolute Gasteiger partial charge is 0.380 e. The molecule has 4 heteroatoms. The number of aromatic nitrogens is 1. The van der Waals surface area contributed by atoms with Crippen molar-refractivity contribution in [2.75, 3.05) is 5.73 Å². The van der Waals surface area contributed by atoms with E-state index in [1.165, 1.54) is 19.3 Å². The lowest BCUT2D eigenvalue weighted by Crippen LogP contribution is -1.91. The van der Waals surface area contributed by atoms with Crippen molar-refractivity contribution in [3.05, 3.63) is 34.5 Å². The van der Waals surface area contributed by atoms with Crippen LogP contribution in [-0.4, -0.2) is 5.16 Å². The first-order chi connectivity index (χ1) is 9.22. The van der Waals surface area contributed by atoms with Gasteiger partial charge in [-0.25, -0.2) is 0 Å². The van der Waals surface area contributed by atoms with Gasteiger partial charge in [-0.05, 0) is 24.1 Å². The van der Waals surface area contributed by atoms with Crippen LogP contribution >= 0.6 is 15.9 Å². The van der Waals surface area contributed by atoms with Crippen LogP contribution in [0.15, 0.2) is 33.3 Å². The number of anilines is 1. The maximum Gasteiger partial charge on any atom is 0.175 e. The third-order valence-electron chi connectivity index (χ3n) is 3.18. The molecule has 0 fully saturated rings. The van der Waals surface area contributed by atoms with Gasteiger partial charge in [0.1, 0.15) is 5.76 Å². The fraction of sp³-hybridized carbons (Fsp3) is 0.400. The van der Waals surface area contributed by atoms with Crippen molar-refractivity contribution in [3.8, 4) is 11.1 Å². The minimum atomic E-state index is 0.479. The molecule has 1 aromatic carbocycles. The van der Waals surface area contributed by atoms with E-state index in [1.807, 2.05) is 24.3 Å². The molecular formula is C15H19BrN2O. The molecule has 0 amide bonds. The van der Waals surface area contributed by atoms with Crippen molar-refractivity contribution in [3.63, 3.8) is 0 Å². The van der Waals surface area contributed by atoms with Crippen molar-refractivity contribution in [2.45, 2.75) is 39.0 Å². The summed E-state index contributed by atoms with van der Waals surface area (Å²) in [5, 5.41) is 3.91. The molecule has 0 radical (unpaired) electrons. The van der Waals surface area contributed by atoms with E-state index in [9.17, 15) is 0 Å². The molecule has 3 nitrogen and oxygen atoms in total. The molecule has 2 aromatic rings. The van der Waals surface area contributed by atoms with Crippen LogP contribution in [0.5, 0.6) is 0 Å². The second kappa shape index (κ2) is 6.75. The summed E-state index contributed by atoms with van der Waals surface area (Å²) in [6, 6.07) is 8.07. The van der Waals surface area contributed by atoms with E-state index >= 15 is 0 Å². The smallest absolute Gasteiger partial charge is 0.175 e. The Morgan fingerprint density at radius 3 is 2.58 bits per heavy atom. The molecule has 0 saturated heterocycles. The Labute approximate surface area is 122 Å². The second-order valence-electron chi connectivity index (χ2n) is 4.68. The molecule has 0 aliphatic heterocycles. The van der Waals surface area contributed by atoms with Crippen molar-refractivity contribution in [2.24, 2.45) is 0 Å². The number of rotatable bonds is 6. The molecule has 0 unspecified atom stereocenters. The first kappa shape index (κ1) is 14.1. The van der Waals surface area contributed by atoms with Crippen molar-refractivity contribution < 1.29 is 4.52 Å². The number of nitrogens with two attached hydrogens (primary N) is 1. The van der Waals surface area contributed by atoms with Gasteiger partial charge in [-0.15, -0.1) is 0 Å². The summed E-state index contributed by atoms with van der Waals surface area (Å²) < 4.78 is 6.43. The van der Waals surface area contributed by atoms with Gasteiger partial charge < -0.3 is 10.3 Å². The van der Waals surface area contributed by atoms with Crippen LogP contribution in [0.3, 0.4) is 0 Å². The number of nitrogens with zero attached hydrogens (tertiary/aromatic N) is 1. The van der Waals surface area contributed by atoms with E-state index in [-0.39, 0.29) is 0 Å². The third kappa shape index (κ3) is 3.60. The summed E-state index contributed by atoms with van der Waals surface area (Å²) in [7, 11) is 0. The predicted octanol–water partition coefficient (Wildman–Crippen LogP) is 4.81. The summed E-state index contributed by atoms with van der Waals surface area (Å²) in [6.45, 7) is 2.21. The molecule has 19 heavy (non-hydrogen) atoms. The van der Waals surface area contributed by atoms with Gasteiger partial charge in [0.15, 0.2) is 5.82 Å². The van der Waals surface area contributed by atoms with Gasteiger partial charge in [0.25, 0.3) is 0 Å². The normalized spacial score (nSPS) is 10.8. The Balaban J connectivity index is 2.15. The zero-order valence-corrected chi connectivity index (χ0v) is 12.7. The zero-order valence-electron chi connectivity index (χ0n) is 11.2. The molecule has 1 heterocycles. The maximum atomic E-state index is 5.93. The Bertz CT molecular complexity index is 519. The number of halogens is 1. The van der Waals surface area contributed by atoms with Crippen LogP contribution in [0.2, 0.25) is 0 Å². The lowest BCUT2D eigenvalue weighted by atomic mass is 10.0. The highest BCUT2D eigenvalue weighted by molar-refractivity contribution is 9.10. The number of unbranched alkanes of at least 4 members (excludes halogenated alkanes) is 3. The lowest BCUT2D eigenvalue weighted by Gasteiger charge is -2.03. The van der Waals surface area contributed by atoms with Crippen LogP contribution in [-0.2, 0) is 6.42 Å². The summed E-state index contributed by atoms with van der Waals surface area (Å²) in [5.41, 5.74) is 7.94. The highest BCUT2D eigenvalue weighted by atomic mass is 79.9. The maximum absolute atomic E-state index is 5.93. The van der Waals surface area contributed by atoms with Crippen molar-refractivity contribution in [1.82, 2.24) is 5.16 Å². The number of aryl methyl sites for hydroxylation is 1. The predicted molar refractivity (Wildman–Crippen MR) is 81.9 cm³/mol. The fourth-order valence-electron chi connectivity index (χ4n) is 2.15. The van der Waals surface area contributed by atoms with Crippen molar-refractivity contribution in [1.29, 1.82) is 0 Å². The molecule has 2 rings (SSSR count). The Hall–Kier alpha value is -1.29. The van der Waals surface area contributed by atoms with E-state index < -0.39 is 0 Å². The van der Waals surface area contributed by atoms with Gasteiger partial charge in [0, 0.05) is 10.9 Å². The number of nitrogen functional groups attached to an aromatic ring is 1. The van der Waals surface area contributed by atoms with Gasteiger partial charge in [-0.1, -0.05) is 59.4 Å². The molecule has 2 N–H and O–H groups in total. The standard InChI is InChI=1S/C15H19BrN2O/c1-2-3-4-5-6-13-14(15(17)18-19-13)11-7-9-12(16)10-8-11/h7-10H,2-6H2,1H3,(H2,17,18). The fourth-order valence-corrected chi connectivity index (χ4v) is 2.41. The topological polar surface area (TPSA) is 52.0 Å². The van der Waals surface area contributed by atoms with Crippen LogP contribution in [0, 0.1) is 0 Å². The van der Waals surface area contributed by atoms with E-state index in [2.05, 4.69) is 28.0 Å². The van der Waals surface area contributed by atoms with E-state index in [0.717, 1.165) is 34.2 Å². The molecule has 0 aliphatic carbocycles. The van der Waals surface area contributed by atoms with Gasteiger partial charge in [-0.2, -0.15) is 0 Å². The zero-order chi connectivity index (χ0) is 13.7. The van der Waals surface area contributed by atoms with Gasteiger partial charge in [0.2, 0.25) is 0 Å². The minimum absolute atomic E-state index is 0.479. The summed E-state index contributed by atoms with van der Waals surface area (Å²) in [6.07, 6.45) is 5.73. The lowest BCUT2D eigenvalue weighted by molar-refractivity contribution is 0.382. The molecular weight excluding hydrogens is 304 g/mol. The monoisotopic (exact) mass is 322 g/mol. The van der Waals surface area contributed by atoms with Crippen LogP contribution in [0.25, 0.3) is 11.1 Å². The highest BCUT2D eigenvalue weighted by Gasteiger charge is 2.15. The molecule has 0 aliphatic rings. The Kier molecular flexibility index (Phi) is 5.02. The second-order valence-corrected chi connectivity index (χ2v) is 5.60. The van der Waals surface area contributed by atoms with E-state index in [0.29, 0.717) is 5.82 Å². The third-order valence-corrected chi connectivity index (χ3v) is 3.71. The Morgan fingerprint density at radius 1 is 1.16 bits per heavy atom. The van der Waals surface area contributed by atoms with Crippen LogP contribution in [0.4, 0.5) is 5.82 Å². The minimum Gasteiger partial charge on any atom is -0.380 e. The summed E-state index contributed by atoms with van der Waals surface area (Å²) >= 11 is 3.43. The van der Waals surface area contributed by atoms with Gasteiger partial charge in [0.05, 0.1) is 5.56 Å². The van der Waals surface area contributed by atoms with Gasteiger partial charge in [-0.3, -0.25) is 0 Å². The van der Waals surface area contributed by atoms with E-state index in [4.69, 9.17) is 10.3 Å². The summed E-state index contributed by atoms with van der Waals surface area (Å²) in [5.74, 6) is 1.38. The first-order valence-corrected chi connectivity index (χ1v) is 7.51. The first-order valence-electron chi connectivity index (χ1n) is 6.72. The molecule has 102 valence electrons. The molecule has 0 spiro atoms. The number of benzene rings is 1.